The van der Waals surface area contributed by atoms with Gasteiger partial charge >= 0.3 is 0 Å². The molecule has 0 aliphatic carbocycles. The molecule has 0 aliphatic rings. The zero-order chi connectivity index (χ0) is 19.2. The monoisotopic (exact) mass is 352 g/mol. The van der Waals surface area contributed by atoms with Crippen LogP contribution in [0.5, 0.6) is 0 Å². The van der Waals surface area contributed by atoms with Crippen LogP contribution in [0, 0.1) is 28.1 Å². The van der Waals surface area contributed by atoms with Gasteiger partial charge in [0, 0.05) is 17.3 Å². The van der Waals surface area contributed by atoms with E-state index in [-0.39, 0.29) is 37.9 Å². The van der Waals surface area contributed by atoms with E-state index in [1.54, 1.807) is 6.07 Å². The Kier molecular flexibility index (Phi) is 15.7. The lowest BCUT2D eigenvalue weighted by Gasteiger charge is -2.13. The first-order valence-electron chi connectivity index (χ1n) is 7.58. The zero-order valence-corrected chi connectivity index (χ0v) is 15.4. The largest absolute Gasteiger partial charge is 0.396 e. The summed E-state index contributed by atoms with van der Waals surface area (Å²) in [5, 5.41) is 47.8. The summed E-state index contributed by atoms with van der Waals surface area (Å²) in [5.74, 6) is 1.10. The van der Waals surface area contributed by atoms with Crippen LogP contribution in [0.1, 0.15) is 67.0 Å². The second-order valence-corrected chi connectivity index (χ2v) is 6.86. The van der Waals surface area contributed by atoms with Crippen molar-refractivity contribution in [1.82, 2.24) is 20.4 Å². The van der Waals surface area contributed by atoms with Gasteiger partial charge in [-0.05, 0) is 20.8 Å². The van der Waals surface area contributed by atoms with E-state index in [9.17, 15) is 0 Å². The van der Waals surface area contributed by atoms with Crippen LogP contribution in [0.25, 0.3) is 0 Å². The second-order valence-electron chi connectivity index (χ2n) is 6.86. The summed E-state index contributed by atoms with van der Waals surface area (Å²) in [4.78, 5) is 0. The van der Waals surface area contributed by atoms with Crippen molar-refractivity contribution >= 4 is 0 Å². The van der Waals surface area contributed by atoms with Crippen LogP contribution in [0.2, 0.25) is 0 Å². The molecule has 142 valence electrons. The highest BCUT2D eigenvalue weighted by molar-refractivity contribution is 4.97. The SMILES string of the molecule is C.CC(C)(C)C#N.CC(C)(C)c1nnc(CCO)nn1.N#CCCO. The summed E-state index contributed by atoms with van der Waals surface area (Å²) < 4.78 is 0. The molecule has 0 fully saturated rings. The maximum absolute atomic E-state index is 8.61. The first-order chi connectivity index (χ1) is 11.0. The van der Waals surface area contributed by atoms with E-state index in [2.05, 4.69) is 26.5 Å². The minimum atomic E-state index is -0.153. The number of aromatic nitrogens is 4. The Morgan fingerprint density at radius 3 is 1.52 bits per heavy atom. The minimum absolute atomic E-state index is 0. The highest BCUT2D eigenvalue weighted by Gasteiger charge is 2.18. The van der Waals surface area contributed by atoms with Crippen LogP contribution in [0.4, 0.5) is 0 Å². The van der Waals surface area contributed by atoms with Gasteiger partial charge in [0.15, 0.2) is 11.6 Å². The third-order valence-corrected chi connectivity index (χ3v) is 2.09. The smallest absolute Gasteiger partial charge is 0.178 e. The van der Waals surface area contributed by atoms with E-state index in [0.717, 1.165) is 0 Å². The van der Waals surface area contributed by atoms with Gasteiger partial charge in [0.2, 0.25) is 0 Å². The number of nitrogens with zero attached hydrogens (tertiary/aromatic N) is 6. The second kappa shape index (κ2) is 14.2. The van der Waals surface area contributed by atoms with Crippen LogP contribution in [0.3, 0.4) is 0 Å². The molecule has 2 N–H and O–H groups in total. The summed E-state index contributed by atoms with van der Waals surface area (Å²) in [6.07, 6.45) is 0.657. The number of hydrogen-bond donors (Lipinski definition) is 2. The highest BCUT2D eigenvalue weighted by atomic mass is 16.3. The van der Waals surface area contributed by atoms with Crippen molar-refractivity contribution < 1.29 is 10.2 Å². The molecule has 0 radical (unpaired) electrons. The topological polar surface area (TPSA) is 140 Å². The van der Waals surface area contributed by atoms with Gasteiger partial charge in [0.25, 0.3) is 0 Å². The lowest BCUT2D eigenvalue weighted by molar-refractivity contribution is 0.295. The lowest BCUT2D eigenvalue weighted by atomic mass is 9.96. The summed E-state index contributed by atoms with van der Waals surface area (Å²) in [6, 6.07) is 3.87. The highest BCUT2D eigenvalue weighted by Crippen LogP contribution is 2.15. The molecule has 1 heterocycles. The molecule has 0 aliphatic heterocycles. The lowest BCUT2D eigenvalue weighted by Crippen LogP contribution is -2.19. The first-order valence-corrected chi connectivity index (χ1v) is 7.58. The van der Waals surface area contributed by atoms with Crippen molar-refractivity contribution in [3.63, 3.8) is 0 Å². The van der Waals surface area contributed by atoms with Crippen LogP contribution < -0.4 is 0 Å². The summed E-state index contributed by atoms with van der Waals surface area (Å²) in [7, 11) is 0. The van der Waals surface area contributed by atoms with Crippen LogP contribution in [-0.2, 0) is 11.8 Å². The van der Waals surface area contributed by atoms with E-state index in [4.69, 9.17) is 20.7 Å². The van der Waals surface area contributed by atoms with Gasteiger partial charge in [-0.3, -0.25) is 0 Å². The average Bonchev–Trinajstić information content (AvgIpc) is 2.49. The molecule has 0 bridgehead atoms. The fraction of sp³-hybridized carbons (Fsp3) is 0.765. The molecule has 8 nitrogen and oxygen atoms in total. The molecular weight excluding hydrogens is 320 g/mol. The molecule has 0 amide bonds. The molecule has 1 aromatic rings. The Labute approximate surface area is 151 Å². The van der Waals surface area contributed by atoms with Gasteiger partial charge in [0.1, 0.15) is 0 Å². The number of nitriles is 2. The van der Waals surface area contributed by atoms with E-state index < -0.39 is 0 Å². The van der Waals surface area contributed by atoms with Gasteiger partial charge in [-0.25, -0.2) is 0 Å². The third-order valence-electron chi connectivity index (χ3n) is 2.09. The van der Waals surface area contributed by atoms with Crippen LogP contribution >= 0.6 is 0 Å². The Bertz CT molecular complexity index is 519. The van der Waals surface area contributed by atoms with Crippen molar-refractivity contribution in [2.45, 2.75) is 67.2 Å². The fourth-order valence-corrected chi connectivity index (χ4v) is 0.800. The van der Waals surface area contributed by atoms with Crippen LogP contribution in [0.15, 0.2) is 0 Å². The van der Waals surface area contributed by atoms with Crippen molar-refractivity contribution in [2.75, 3.05) is 13.2 Å². The first kappa shape index (κ1) is 27.7. The molecule has 1 rings (SSSR count). The van der Waals surface area contributed by atoms with Crippen molar-refractivity contribution in [3.8, 4) is 12.1 Å². The molecule has 0 unspecified atom stereocenters. The number of aliphatic hydroxyl groups is 2. The zero-order valence-electron chi connectivity index (χ0n) is 15.4. The number of aliphatic hydroxyl groups excluding tert-OH is 2. The van der Waals surface area contributed by atoms with Crippen molar-refractivity contribution in [2.24, 2.45) is 5.41 Å². The van der Waals surface area contributed by atoms with Gasteiger partial charge in [-0.15, -0.1) is 20.4 Å². The Morgan fingerprint density at radius 2 is 1.32 bits per heavy atom. The molecule has 25 heavy (non-hydrogen) atoms. The molecule has 1 aromatic heterocycles. The number of hydrogen-bond acceptors (Lipinski definition) is 8. The summed E-state index contributed by atoms with van der Waals surface area (Å²) >= 11 is 0. The standard InChI is InChI=1S/C8H14N4O.C5H9N.C3H5NO.CH4/c1-8(2,3)7-11-9-6(4-5-13)10-12-7;1-5(2,3)4-6;4-2-1-3-5;/h13H,4-5H2,1-3H3;1-3H3;5H,1,3H2;1H4. The van der Waals surface area contributed by atoms with Crippen molar-refractivity contribution in [3.05, 3.63) is 11.6 Å². The molecule has 0 spiro atoms. The molecule has 8 heteroatoms. The molecule has 0 saturated carbocycles. The molecular formula is C17H32N6O2. The van der Waals surface area contributed by atoms with Gasteiger partial charge in [-0.1, -0.05) is 28.2 Å². The maximum Gasteiger partial charge on any atom is 0.178 e. The fourth-order valence-electron chi connectivity index (χ4n) is 0.800. The maximum atomic E-state index is 8.61. The van der Waals surface area contributed by atoms with E-state index in [0.29, 0.717) is 18.1 Å². The van der Waals surface area contributed by atoms with Gasteiger partial charge < -0.3 is 10.2 Å². The Morgan fingerprint density at radius 1 is 0.880 bits per heavy atom. The Balaban J connectivity index is -0.000000340. The predicted molar refractivity (Wildman–Crippen MR) is 96.2 cm³/mol. The molecule has 0 saturated heterocycles. The Hall–Kier alpha value is -2.16. The number of rotatable bonds is 3. The predicted octanol–water partition coefficient (Wildman–Crippen LogP) is 2.18. The normalized spacial score (nSPS) is 9.84. The van der Waals surface area contributed by atoms with E-state index in [1.807, 2.05) is 41.5 Å². The molecule has 0 aromatic carbocycles. The third kappa shape index (κ3) is 18.0. The van der Waals surface area contributed by atoms with Crippen LogP contribution in [-0.4, -0.2) is 43.8 Å². The van der Waals surface area contributed by atoms with Gasteiger partial charge in [-0.2, -0.15) is 10.5 Å². The average molecular weight is 352 g/mol. The summed E-state index contributed by atoms with van der Waals surface area (Å²) in [5.41, 5.74) is -0.280. The quantitative estimate of drug-likeness (QED) is 0.843. The van der Waals surface area contributed by atoms with E-state index >= 15 is 0 Å². The van der Waals surface area contributed by atoms with E-state index in [1.165, 1.54) is 0 Å². The van der Waals surface area contributed by atoms with Gasteiger partial charge in [0.05, 0.1) is 31.8 Å². The summed E-state index contributed by atoms with van der Waals surface area (Å²) in [6.45, 7) is 11.6. The van der Waals surface area contributed by atoms with Crippen molar-refractivity contribution in [1.29, 1.82) is 10.5 Å². The minimum Gasteiger partial charge on any atom is -0.396 e. The molecule has 0 atom stereocenters.